The Kier molecular flexibility index (Phi) is 5.90. The fraction of sp³-hybridized carbons (Fsp3) is 0.211. The fourth-order valence-corrected chi connectivity index (χ4v) is 4.22. The van der Waals surface area contributed by atoms with Gasteiger partial charge in [-0.25, -0.2) is 4.98 Å². The lowest BCUT2D eigenvalue weighted by molar-refractivity contribution is 0.0948. The first-order valence-corrected chi connectivity index (χ1v) is 10.0. The lowest BCUT2D eigenvalue weighted by Crippen LogP contribution is -2.28. The Balaban J connectivity index is 1.71. The number of thioether (sulfide) groups is 1. The van der Waals surface area contributed by atoms with Gasteiger partial charge in [-0.2, -0.15) is 0 Å². The Hall–Kier alpha value is -2.38. The van der Waals surface area contributed by atoms with Gasteiger partial charge in [0.25, 0.3) is 11.5 Å². The fourth-order valence-electron chi connectivity index (χ4n) is 2.61. The topological polar surface area (TPSA) is 74.8 Å². The summed E-state index contributed by atoms with van der Waals surface area (Å²) < 4.78 is 0. The molecule has 134 valence electrons. The minimum absolute atomic E-state index is 0.158. The van der Waals surface area contributed by atoms with Gasteiger partial charge < -0.3 is 10.3 Å². The lowest BCUT2D eigenvalue weighted by Gasteiger charge is -2.11. The van der Waals surface area contributed by atoms with E-state index in [1.165, 1.54) is 0 Å². The molecule has 0 saturated carbocycles. The van der Waals surface area contributed by atoms with Gasteiger partial charge in [0.05, 0.1) is 16.8 Å². The monoisotopic (exact) mass is 385 g/mol. The molecule has 0 radical (unpaired) electrons. The molecule has 0 aliphatic rings. The van der Waals surface area contributed by atoms with E-state index in [1.54, 1.807) is 34.7 Å². The first-order valence-electron chi connectivity index (χ1n) is 8.11. The Morgan fingerprint density at radius 3 is 2.85 bits per heavy atom. The molecule has 0 aliphatic carbocycles. The molecule has 1 aromatic carbocycles. The van der Waals surface area contributed by atoms with Gasteiger partial charge in [-0.15, -0.1) is 23.1 Å². The normalized spacial score (nSPS) is 10.7. The number of amides is 1. The molecule has 26 heavy (non-hydrogen) atoms. The molecule has 2 N–H and O–H groups in total. The van der Waals surface area contributed by atoms with Gasteiger partial charge in [-0.1, -0.05) is 12.1 Å². The van der Waals surface area contributed by atoms with E-state index >= 15 is 0 Å². The minimum Gasteiger partial charge on any atom is -0.348 e. The molecule has 0 saturated heterocycles. The van der Waals surface area contributed by atoms with Crippen LogP contribution in [-0.4, -0.2) is 15.9 Å². The Labute approximate surface area is 159 Å². The van der Waals surface area contributed by atoms with Gasteiger partial charge in [-0.3, -0.25) is 9.59 Å². The molecule has 0 fully saturated rings. The van der Waals surface area contributed by atoms with Crippen LogP contribution in [0.25, 0.3) is 0 Å². The number of rotatable bonds is 6. The van der Waals surface area contributed by atoms with Gasteiger partial charge in [0.2, 0.25) is 0 Å². The highest BCUT2D eigenvalue weighted by Crippen LogP contribution is 2.26. The van der Waals surface area contributed by atoms with Gasteiger partial charge in [-0.05, 0) is 37.6 Å². The van der Waals surface area contributed by atoms with E-state index in [1.807, 2.05) is 43.5 Å². The molecule has 5 nitrogen and oxygen atoms in total. The molecule has 2 aromatic heterocycles. The second kappa shape index (κ2) is 8.33. The van der Waals surface area contributed by atoms with E-state index in [-0.39, 0.29) is 18.0 Å². The standard InChI is InChI=1S/C19H19N3O2S2/c1-12-7-13(2)22-19(24)16(12)8-20-18(23)15-5-3-4-6-17(15)26-10-14-9-25-11-21-14/h3-7,9,11H,8,10H2,1-2H3,(H,20,23)(H,22,24). The summed E-state index contributed by atoms with van der Waals surface area (Å²) in [7, 11) is 0. The van der Waals surface area contributed by atoms with Crippen molar-refractivity contribution < 1.29 is 4.79 Å². The molecular weight excluding hydrogens is 366 g/mol. The molecule has 2 heterocycles. The van der Waals surface area contributed by atoms with E-state index in [2.05, 4.69) is 15.3 Å². The van der Waals surface area contributed by atoms with Crippen LogP contribution in [0.4, 0.5) is 0 Å². The number of hydrogen-bond donors (Lipinski definition) is 2. The molecule has 0 aliphatic heterocycles. The van der Waals surface area contributed by atoms with Gasteiger partial charge >= 0.3 is 0 Å². The Bertz CT molecular complexity index is 965. The SMILES string of the molecule is Cc1cc(C)c(CNC(=O)c2ccccc2SCc2cscn2)c(=O)[nH]1. The summed E-state index contributed by atoms with van der Waals surface area (Å²) in [5.41, 5.74) is 5.51. The largest absolute Gasteiger partial charge is 0.348 e. The van der Waals surface area contributed by atoms with E-state index in [0.29, 0.717) is 16.9 Å². The van der Waals surface area contributed by atoms with Crippen LogP contribution in [0.5, 0.6) is 0 Å². The van der Waals surface area contributed by atoms with Crippen LogP contribution in [0.15, 0.2) is 50.9 Å². The van der Waals surface area contributed by atoms with Crippen molar-refractivity contribution in [2.75, 3.05) is 0 Å². The first kappa shape index (κ1) is 18.4. The average Bonchev–Trinajstić information content (AvgIpc) is 3.12. The summed E-state index contributed by atoms with van der Waals surface area (Å²) in [6.45, 7) is 3.92. The van der Waals surface area contributed by atoms with Crippen LogP contribution in [0, 0.1) is 13.8 Å². The van der Waals surface area contributed by atoms with Crippen LogP contribution in [-0.2, 0) is 12.3 Å². The number of benzene rings is 1. The third kappa shape index (κ3) is 4.42. The maximum Gasteiger partial charge on any atom is 0.253 e. The Morgan fingerprint density at radius 1 is 1.31 bits per heavy atom. The van der Waals surface area contributed by atoms with Crippen LogP contribution in [0.1, 0.15) is 32.9 Å². The number of pyridine rings is 1. The van der Waals surface area contributed by atoms with Crippen molar-refractivity contribution in [1.82, 2.24) is 15.3 Å². The maximum absolute atomic E-state index is 12.6. The molecule has 0 atom stereocenters. The second-order valence-corrected chi connectivity index (χ2v) is 7.63. The van der Waals surface area contributed by atoms with Gasteiger partial charge in [0.1, 0.15) is 0 Å². The maximum atomic E-state index is 12.6. The lowest BCUT2D eigenvalue weighted by atomic mass is 10.1. The highest BCUT2D eigenvalue weighted by atomic mass is 32.2. The number of thiazole rings is 1. The number of aryl methyl sites for hydroxylation is 2. The molecule has 0 unspecified atom stereocenters. The molecule has 3 aromatic rings. The molecule has 3 rings (SSSR count). The van der Waals surface area contributed by atoms with E-state index in [0.717, 1.165) is 21.8 Å². The summed E-state index contributed by atoms with van der Waals surface area (Å²) in [5.74, 6) is 0.524. The van der Waals surface area contributed by atoms with Crippen LogP contribution in [0.2, 0.25) is 0 Å². The van der Waals surface area contributed by atoms with Crippen LogP contribution < -0.4 is 10.9 Å². The van der Waals surface area contributed by atoms with E-state index < -0.39 is 0 Å². The van der Waals surface area contributed by atoms with E-state index in [4.69, 9.17) is 0 Å². The van der Waals surface area contributed by atoms with Gasteiger partial charge in [0.15, 0.2) is 0 Å². The average molecular weight is 386 g/mol. The highest BCUT2D eigenvalue weighted by molar-refractivity contribution is 7.98. The van der Waals surface area contributed by atoms with Crippen LogP contribution in [0.3, 0.4) is 0 Å². The third-order valence-electron chi connectivity index (χ3n) is 3.91. The summed E-state index contributed by atoms with van der Waals surface area (Å²) in [5, 5.41) is 4.87. The summed E-state index contributed by atoms with van der Waals surface area (Å²) >= 11 is 3.14. The van der Waals surface area contributed by atoms with Crippen molar-refractivity contribution >= 4 is 29.0 Å². The zero-order chi connectivity index (χ0) is 18.5. The number of H-pyrrole nitrogens is 1. The van der Waals surface area contributed by atoms with Crippen molar-refractivity contribution in [2.45, 2.75) is 31.0 Å². The van der Waals surface area contributed by atoms with Crippen molar-refractivity contribution in [3.05, 3.63) is 79.7 Å². The van der Waals surface area contributed by atoms with Crippen molar-refractivity contribution in [3.8, 4) is 0 Å². The predicted octanol–water partition coefficient (Wildman–Crippen LogP) is 3.67. The number of aromatic amines is 1. The van der Waals surface area contributed by atoms with Crippen molar-refractivity contribution in [3.63, 3.8) is 0 Å². The molecule has 0 spiro atoms. The summed E-state index contributed by atoms with van der Waals surface area (Å²) in [4.78, 5) is 32.7. The number of hydrogen-bond acceptors (Lipinski definition) is 5. The number of nitrogens with one attached hydrogen (secondary N) is 2. The van der Waals surface area contributed by atoms with Gasteiger partial charge in [0, 0.05) is 33.8 Å². The zero-order valence-electron chi connectivity index (χ0n) is 14.5. The summed E-state index contributed by atoms with van der Waals surface area (Å²) in [6.07, 6.45) is 0. The Morgan fingerprint density at radius 2 is 2.12 bits per heavy atom. The minimum atomic E-state index is -0.189. The van der Waals surface area contributed by atoms with Crippen LogP contribution >= 0.6 is 23.1 Å². The third-order valence-corrected chi connectivity index (χ3v) is 5.65. The molecule has 1 amide bonds. The number of nitrogens with zero attached hydrogens (tertiary/aromatic N) is 1. The van der Waals surface area contributed by atoms with Crippen molar-refractivity contribution in [2.24, 2.45) is 0 Å². The zero-order valence-corrected chi connectivity index (χ0v) is 16.2. The predicted molar refractivity (Wildman–Crippen MR) is 106 cm³/mol. The van der Waals surface area contributed by atoms with E-state index in [9.17, 15) is 9.59 Å². The number of carbonyl (C=O) groups is 1. The quantitative estimate of drug-likeness (QED) is 0.635. The van der Waals surface area contributed by atoms with Crippen molar-refractivity contribution in [1.29, 1.82) is 0 Å². The molecule has 7 heteroatoms. The molecular formula is C19H19N3O2S2. The molecule has 0 bridgehead atoms. The second-order valence-electron chi connectivity index (χ2n) is 5.89. The smallest absolute Gasteiger partial charge is 0.253 e. The summed E-state index contributed by atoms with van der Waals surface area (Å²) in [6, 6.07) is 9.38. The number of carbonyl (C=O) groups excluding carboxylic acids is 1. The first-order chi connectivity index (χ1) is 12.5. The highest BCUT2D eigenvalue weighted by Gasteiger charge is 2.13. The number of aromatic nitrogens is 2.